The van der Waals surface area contributed by atoms with Crippen molar-refractivity contribution in [2.75, 3.05) is 13.7 Å². The first kappa shape index (κ1) is 11.3. The Morgan fingerprint density at radius 3 is 2.73 bits per heavy atom. The average Bonchev–Trinajstić information content (AvgIpc) is 2.28. The molecule has 0 bridgehead atoms. The van der Waals surface area contributed by atoms with E-state index in [1.54, 1.807) is 38.3 Å². The topological polar surface area (TPSA) is 35.5 Å². The molecule has 0 atom stereocenters. The van der Waals surface area contributed by atoms with Crippen LogP contribution in [0.3, 0.4) is 0 Å². The number of ether oxygens (including phenoxy) is 2. The van der Waals surface area contributed by atoms with E-state index in [1.807, 2.05) is 0 Å². The molecule has 1 aromatic carbocycles. The molecule has 0 aliphatic carbocycles. The maximum Gasteiger partial charge on any atom is 0.338 e. The predicted octanol–water partition coefficient (Wildman–Crippen LogP) is 2.51. The number of hydrogen-bond acceptors (Lipinski definition) is 3. The van der Waals surface area contributed by atoms with Gasteiger partial charge in [-0.1, -0.05) is 12.7 Å². The Morgan fingerprint density at radius 2 is 2.20 bits per heavy atom. The summed E-state index contributed by atoms with van der Waals surface area (Å²) in [4.78, 5) is 11.5. The molecule has 0 aliphatic heterocycles. The van der Waals surface area contributed by atoms with Gasteiger partial charge in [0.25, 0.3) is 0 Å². The summed E-state index contributed by atoms with van der Waals surface area (Å²) in [6.07, 6.45) is 1.66. The Balaban J connectivity index is 3.06. The molecular formula is C12H14O3. The van der Waals surface area contributed by atoms with E-state index in [0.29, 0.717) is 17.9 Å². The lowest BCUT2D eigenvalue weighted by molar-refractivity contribution is 0.0526. The fourth-order valence-corrected chi connectivity index (χ4v) is 1.19. The second kappa shape index (κ2) is 5.20. The molecule has 0 amide bonds. The normalized spacial score (nSPS) is 9.47. The van der Waals surface area contributed by atoms with Gasteiger partial charge in [-0.2, -0.15) is 0 Å². The summed E-state index contributed by atoms with van der Waals surface area (Å²) in [5.41, 5.74) is 1.31. The van der Waals surface area contributed by atoms with E-state index in [4.69, 9.17) is 9.47 Å². The van der Waals surface area contributed by atoms with Crippen molar-refractivity contribution in [1.29, 1.82) is 0 Å². The first-order chi connectivity index (χ1) is 7.21. The van der Waals surface area contributed by atoms with Gasteiger partial charge < -0.3 is 9.47 Å². The summed E-state index contributed by atoms with van der Waals surface area (Å²) >= 11 is 0. The van der Waals surface area contributed by atoms with Crippen LogP contribution in [0.4, 0.5) is 0 Å². The van der Waals surface area contributed by atoms with Crippen LogP contribution in [0.15, 0.2) is 24.8 Å². The molecule has 0 spiro atoms. The molecular weight excluding hydrogens is 192 g/mol. The van der Waals surface area contributed by atoms with Crippen LogP contribution in [0, 0.1) is 0 Å². The van der Waals surface area contributed by atoms with Gasteiger partial charge in [-0.25, -0.2) is 4.79 Å². The van der Waals surface area contributed by atoms with Crippen LogP contribution in [0.2, 0.25) is 0 Å². The Morgan fingerprint density at radius 1 is 1.47 bits per heavy atom. The van der Waals surface area contributed by atoms with Crippen molar-refractivity contribution in [3.05, 3.63) is 35.9 Å². The highest BCUT2D eigenvalue weighted by Gasteiger charge is 2.08. The van der Waals surface area contributed by atoms with Crippen molar-refractivity contribution in [3.63, 3.8) is 0 Å². The molecule has 0 radical (unpaired) electrons. The zero-order chi connectivity index (χ0) is 11.3. The molecule has 80 valence electrons. The van der Waals surface area contributed by atoms with E-state index in [9.17, 15) is 4.79 Å². The molecule has 3 heteroatoms. The number of hydrogen-bond donors (Lipinski definition) is 0. The summed E-state index contributed by atoms with van der Waals surface area (Å²) in [6, 6.07) is 5.16. The number of methoxy groups -OCH3 is 1. The van der Waals surface area contributed by atoms with E-state index in [2.05, 4.69) is 6.58 Å². The van der Waals surface area contributed by atoms with Gasteiger partial charge >= 0.3 is 5.97 Å². The number of carbonyl (C=O) groups is 1. The van der Waals surface area contributed by atoms with Crippen LogP contribution < -0.4 is 4.74 Å². The van der Waals surface area contributed by atoms with Crippen molar-refractivity contribution in [1.82, 2.24) is 0 Å². The van der Waals surface area contributed by atoms with Crippen molar-refractivity contribution < 1.29 is 14.3 Å². The first-order valence-corrected chi connectivity index (χ1v) is 4.70. The molecule has 3 nitrogen and oxygen atoms in total. The SMILES string of the molecule is C=Cc1cc(OC)cc(C(=O)OCC)c1. The smallest absolute Gasteiger partial charge is 0.338 e. The van der Waals surface area contributed by atoms with Gasteiger partial charge in [0.05, 0.1) is 19.3 Å². The third-order valence-corrected chi connectivity index (χ3v) is 1.91. The number of rotatable bonds is 4. The van der Waals surface area contributed by atoms with Gasteiger partial charge in [0, 0.05) is 0 Å². The molecule has 0 fully saturated rings. The van der Waals surface area contributed by atoms with Crippen molar-refractivity contribution in [2.24, 2.45) is 0 Å². The van der Waals surface area contributed by atoms with Gasteiger partial charge in [0.1, 0.15) is 5.75 Å². The molecule has 0 aliphatic rings. The summed E-state index contributed by atoms with van der Waals surface area (Å²) in [7, 11) is 1.55. The molecule has 1 aromatic rings. The van der Waals surface area contributed by atoms with Gasteiger partial charge in [0.2, 0.25) is 0 Å². The number of carbonyl (C=O) groups excluding carboxylic acids is 1. The molecule has 15 heavy (non-hydrogen) atoms. The molecule has 0 aromatic heterocycles. The Hall–Kier alpha value is -1.77. The minimum atomic E-state index is -0.348. The van der Waals surface area contributed by atoms with E-state index < -0.39 is 0 Å². The lowest BCUT2D eigenvalue weighted by Gasteiger charge is -2.06. The van der Waals surface area contributed by atoms with Crippen LogP contribution in [0.25, 0.3) is 6.08 Å². The van der Waals surface area contributed by atoms with Gasteiger partial charge in [-0.3, -0.25) is 0 Å². The molecule has 1 rings (SSSR count). The number of esters is 1. The Bertz CT molecular complexity index is 369. The second-order valence-corrected chi connectivity index (χ2v) is 2.92. The van der Waals surface area contributed by atoms with Crippen LogP contribution >= 0.6 is 0 Å². The Kier molecular flexibility index (Phi) is 3.92. The lowest BCUT2D eigenvalue weighted by atomic mass is 10.1. The third kappa shape index (κ3) is 2.84. The summed E-state index contributed by atoms with van der Waals surface area (Å²) in [5.74, 6) is 0.273. The molecule has 0 saturated carbocycles. The zero-order valence-corrected chi connectivity index (χ0v) is 8.95. The fraction of sp³-hybridized carbons (Fsp3) is 0.250. The van der Waals surface area contributed by atoms with Gasteiger partial charge in [-0.15, -0.1) is 0 Å². The number of benzene rings is 1. The van der Waals surface area contributed by atoms with Crippen molar-refractivity contribution in [2.45, 2.75) is 6.92 Å². The highest BCUT2D eigenvalue weighted by Crippen LogP contribution is 2.18. The minimum Gasteiger partial charge on any atom is -0.497 e. The molecule has 0 unspecified atom stereocenters. The average molecular weight is 206 g/mol. The third-order valence-electron chi connectivity index (χ3n) is 1.91. The molecule has 0 heterocycles. The minimum absolute atomic E-state index is 0.348. The van der Waals surface area contributed by atoms with Gasteiger partial charge in [-0.05, 0) is 30.7 Å². The summed E-state index contributed by atoms with van der Waals surface area (Å²) in [5, 5.41) is 0. The van der Waals surface area contributed by atoms with Crippen molar-refractivity contribution in [3.8, 4) is 5.75 Å². The summed E-state index contributed by atoms with van der Waals surface area (Å²) in [6.45, 7) is 5.78. The second-order valence-electron chi connectivity index (χ2n) is 2.92. The van der Waals surface area contributed by atoms with E-state index >= 15 is 0 Å². The zero-order valence-electron chi connectivity index (χ0n) is 8.95. The highest BCUT2D eigenvalue weighted by molar-refractivity contribution is 5.90. The Labute approximate surface area is 89.3 Å². The first-order valence-electron chi connectivity index (χ1n) is 4.70. The van der Waals surface area contributed by atoms with E-state index in [0.717, 1.165) is 5.56 Å². The fourth-order valence-electron chi connectivity index (χ4n) is 1.19. The van der Waals surface area contributed by atoms with Crippen LogP contribution in [0.1, 0.15) is 22.8 Å². The standard InChI is InChI=1S/C12H14O3/c1-4-9-6-10(12(13)15-5-2)8-11(7-9)14-3/h4,6-8H,1,5H2,2-3H3. The maximum absolute atomic E-state index is 11.5. The maximum atomic E-state index is 11.5. The van der Waals surface area contributed by atoms with Crippen LogP contribution in [-0.2, 0) is 4.74 Å². The van der Waals surface area contributed by atoms with Gasteiger partial charge in [0.15, 0.2) is 0 Å². The van der Waals surface area contributed by atoms with E-state index in [1.165, 1.54) is 0 Å². The highest BCUT2D eigenvalue weighted by atomic mass is 16.5. The molecule has 0 saturated heterocycles. The lowest BCUT2D eigenvalue weighted by Crippen LogP contribution is -2.05. The van der Waals surface area contributed by atoms with Crippen LogP contribution in [-0.4, -0.2) is 19.7 Å². The monoisotopic (exact) mass is 206 g/mol. The summed E-state index contributed by atoms with van der Waals surface area (Å²) < 4.78 is 9.97. The van der Waals surface area contributed by atoms with Crippen molar-refractivity contribution >= 4 is 12.0 Å². The van der Waals surface area contributed by atoms with E-state index in [-0.39, 0.29) is 5.97 Å². The quantitative estimate of drug-likeness (QED) is 0.710. The largest absolute Gasteiger partial charge is 0.497 e. The predicted molar refractivity (Wildman–Crippen MR) is 59.0 cm³/mol. The van der Waals surface area contributed by atoms with Crippen LogP contribution in [0.5, 0.6) is 5.75 Å². The molecule has 0 N–H and O–H groups in total.